The van der Waals surface area contributed by atoms with Gasteiger partial charge in [0.25, 0.3) is 5.91 Å². The molecule has 192 valence electrons. The number of amides is 1. The maximum Gasteiger partial charge on any atom is 0.252 e. The number of furan rings is 1. The maximum atomic E-state index is 12.9. The average Bonchev–Trinajstić information content (AvgIpc) is 3.37. The Morgan fingerprint density at radius 1 is 0.821 bits per heavy atom. The van der Waals surface area contributed by atoms with Crippen molar-refractivity contribution in [1.82, 2.24) is 20.2 Å². The summed E-state index contributed by atoms with van der Waals surface area (Å²) in [7, 11) is 3.89. The standard InChI is InChI=1S/C32H27N5O2/c1-36(2)31(35-32(38)23-9-4-3-5-10-23)22-15-17-24(18-16-22)37(29-19-20-33-21-34-29)27-13-8-12-26-25-11-6-7-14-28(25)39-30(26)27/h3-21,31H,1-2H3,(H,35,38). The Labute approximate surface area is 226 Å². The quantitative estimate of drug-likeness (QED) is 0.236. The van der Waals surface area contributed by atoms with Crippen LogP contribution in [0.4, 0.5) is 17.2 Å². The van der Waals surface area contributed by atoms with Gasteiger partial charge in [-0.25, -0.2) is 9.97 Å². The van der Waals surface area contributed by atoms with Crippen molar-refractivity contribution in [1.29, 1.82) is 0 Å². The molecule has 2 aromatic heterocycles. The van der Waals surface area contributed by atoms with Crippen molar-refractivity contribution in [2.24, 2.45) is 0 Å². The zero-order chi connectivity index (χ0) is 26.8. The van der Waals surface area contributed by atoms with Crippen molar-refractivity contribution in [3.05, 3.63) is 127 Å². The summed E-state index contributed by atoms with van der Waals surface area (Å²) in [6.07, 6.45) is 2.96. The number of hydrogen-bond donors (Lipinski definition) is 1. The molecule has 0 aliphatic rings. The molecule has 1 unspecified atom stereocenters. The van der Waals surface area contributed by atoms with Gasteiger partial charge < -0.3 is 9.73 Å². The third-order valence-electron chi connectivity index (χ3n) is 6.71. The molecule has 4 aromatic carbocycles. The van der Waals surface area contributed by atoms with Gasteiger partial charge in [0, 0.05) is 28.2 Å². The Bertz CT molecular complexity index is 1730. The van der Waals surface area contributed by atoms with Crippen LogP contribution in [0.25, 0.3) is 21.9 Å². The summed E-state index contributed by atoms with van der Waals surface area (Å²) in [4.78, 5) is 25.6. The van der Waals surface area contributed by atoms with Crippen molar-refractivity contribution in [2.45, 2.75) is 6.17 Å². The summed E-state index contributed by atoms with van der Waals surface area (Å²) in [6.45, 7) is 0. The summed E-state index contributed by atoms with van der Waals surface area (Å²) in [5.74, 6) is 0.588. The fourth-order valence-electron chi connectivity index (χ4n) is 4.83. The first-order valence-electron chi connectivity index (χ1n) is 12.7. The van der Waals surface area contributed by atoms with Crippen molar-refractivity contribution in [2.75, 3.05) is 19.0 Å². The van der Waals surface area contributed by atoms with E-state index in [1.807, 2.05) is 110 Å². The van der Waals surface area contributed by atoms with Crippen molar-refractivity contribution < 1.29 is 9.21 Å². The van der Waals surface area contributed by atoms with Crippen LogP contribution in [0, 0.1) is 0 Å². The Morgan fingerprint density at radius 2 is 1.56 bits per heavy atom. The molecule has 6 rings (SSSR count). The van der Waals surface area contributed by atoms with Gasteiger partial charge in [0.1, 0.15) is 23.9 Å². The molecule has 39 heavy (non-hydrogen) atoms. The van der Waals surface area contributed by atoms with E-state index in [4.69, 9.17) is 4.42 Å². The van der Waals surface area contributed by atoms with Crippen LogP contribution in [0.3, 0.4) is 0 Å². The molecule has 7 nitrogen and oxygen atoms in total. The van der Waals surface area contributed by atoms with Gasteiger partial charge in [-0.3, -0.25) is 14.6 Å². The third kappa shape index (κ3) is 4.71. The van der Waals surface area contributed by atoms with Crippen LogP contribution in [-0.2, 0) is 0 Å². The van der Waals surface area contributed by atoms with Gasteiger partial charge in [0.15, 0.2) is 5.58 Å². The number of carbonyl (C=O) groups is 1. The van der Waals surface area contributed by atoms with Gasteiger partial charge in [-0.2, -0.15) is 0 Å². The van der Waals surface area contributed by atoms with Crippen molar-refractivity contribution >= 4 is 45.0 Å². The number of hydrogen-bond acceptors (Lipinski definition) is 6. The summed E-state index contributed by atoms with van der Waals surface area (Å²) < 4.78 is 6.35. The summed E-state index contributed by atoms with van der Waals surface area (Å²) in [5.41, 5.74) is 4.96. The Hall–Kier alpha value is -5.01. The van der Waals surface area contributed by atoms with E-state index in [9.17, 15) is 4.79 Å². The van der Waals surface area contributed by atoms with Gasteiger partial charge in [-0.1, -0.05) is 60.7 Å². The number of nitrogens with zero attached hydrogens (tertiary/aromatic N) is 4. The molecule has 0 saturated carbocycles. The largest absolute Gasteiger partial charge is 0.454 e. The molecule has 2 heterocycles. The highest BCUT2D eigenvalue weighted by atomic mass is 16.3. The van der Waals surface area contributed by atoms with Gasteiger partial charge in [-0.05, 0) is 62.1 Å². The Morgan fingerprint density at radius 3 is 2.31 bits per heavy atom. The highest BCUT2D eigenvalue weighted by Gasteiger charge is 2.22. The molecule has 0 spiro atoms. The molecule has 0 aliphatic carbocycles. The highest BCUT2D eigenvalue weighted by molar-refractivity contribution is 6.10. The number of aromatic nitrogens is 2. The number of rotatable bonds is 7. The highest BCUT2D eigenvalue weighted by Crippen LogP contribution is 2.41. The predicted molar refractivity (Wildman–Crippen MR) is 154 cm³/mol. The van der Waals surface area contributed by atoms with Gasteiger partial charge >= 0.3 is 0 Å². The fourth-order valence-corrected chi connectivity index (χ4v) is 4.83. The molecular weight excluding hydrogens is 486 g/mol. The summed E-state index contributed by atoms with van der Waals surface area (Å²) in [5, 5.41) is 5.24. The third-order valence-corrected chi connectivity index (χ3v) is 6.71. The molecule has 6 aromatic rings. The van der Waals surface area contributed by atoms with E-state index >= 15 is 0 Å². The van der Waals surface area contributed by atoms with Crippen LogP contribution >= 0.6 is 0 Å². The molecule has 7 heteroatoms. The second kappa shape index (κ2) is 10.4. The molecular formula is C32H27N5O2. The first-order chi connectivity index (χ1) is 19.1. The maximum absolute atomic E-state index is 12.9. The molecule has 0 aliphatic heterocycles. The van der Waals surface area contributed by atoms with Crippen LogP contribution in [-0.4, -0.2) is 34.9 Å². The zero-order valence-corrected chi connectivity index (χ0v) is 21.7. The van der Waals surface area contributed by atoms with Crippen LogP contribution in [0.1, 0.15) is 22.1 Å². The fraction of sp³-hybridized carbons (Fsp3) is 0.0938. The molecule has 1 atom stereocenters. The lowest BCUT2D eigenvalue weighted by atomic mass is 10.1. The second-order valence-electron chi connectivity index (χ2n) is 9.45. The SMILES string of the molecule is CN(C)C(NC(=O)c1ccccc1)c1ccc(N(c2ccncn2)c2cccc3c2oc2ccccc23)cc1. The van der Waals surface area contributed by atoms with Crippen LogP contribution in [0.15, 0.2) is 120 Å². The van der Waals surface area contributed by atoms with E-state index in [0.717, 1.165) is 38.9 Å². The predicted octanol–water partition coefficient (Wildman–Crippen LogP) is 6.84. The van der Waals surface area contributed by atoms with E-state index in [-0.39, 0.29) is 12.1 Å². The van der Waals surface area contributed by atoms with E-state index in [0.29, 0.717) is 11.4 Å². The Balaban J connectivity index is 1.40. The van der Waals surface area contributed by atoms with Gasteiger partial charge in [-0.15, -0.1) is 0 Å². The lowest BCUT2D eigenvalue weighted by molar-refractivity contribution is 0.0889. The van der Waals surface area contributed by atoms with Gasteiger partial charge in [0.05, 0.1) is 5.69 Å². The second-order valence-corrected chi connectivity index (χ2v) is 9.45. The summed E-state index contributed by atoms with van der Waals surface area (Å²) >= 11 is 0. The number of para-hydroxylation sites is 2. The minimum atomic E-state index is -0.307. The molecule has 0 radical (unpaired) electrons. The van der Waals surface area contributed by atoms with E-state index in [1.165, 1.54) is 6.33 Å². The molecule has 0 saturated heterocycles. The van der Waals surface area contributed by atoms with E-state index in [2.05, 4.69) is 32.3 Å². The average molecular weight is 514 g/mol. The lowest BCUT2D eigenvalue weighted by Crippen LogP contribution is -2.37. The minimum absolute atomic E-state index is 0.127. The number of benzene rings is 4. The topological polar surface area (TPSA) is 74.5 Å². The van der Waals surface area contributed by atoms with Gasteiger partial charge in [0.2, 0.25) is 0 Å². The smallest absolute Gasteiger partial charge is 0.252 e. The minimum Gasteiger partial charge on any atom is -0.454 e. The van der Waals surface area contributed by atoms with Crippen molar-refractivity contribution in [3.8, 4) is 0 Å². The van der Waals surface area contributed by atoms with E-state index in [1.54, 1.807) is 6.20 Å². The van der Waals surface area contributed by atoms with Crippen LogP contribution in [0.5, 0.6) is 0 Å². The summed E-state index contributed by atoms with van der Waals surface area (Å²) in [6, 6.07) is 33.4. The molecule has 0 bridgehead atoms. The normalized spacial score (nSPS) is 12.1. The first kappa shape index (κ1) is 24.3. The van der Waals surface area contributed by atoms with Crippen LogP contribution < -0.4 is 10.2 Å². The zero-order valence-electron chi connectivity index (χ0n) is 21.7. The number of anilines is 3. The number of fused-ring (bicyclic) bond motifs is 3. The van der Waals surface area contributed by atoms with E-state index < -0.39 is 0 Å². The Kier molecular flexibility index (Phi) is 6.49. The first-order valence-corrected chi connectivity index (χ1v) is 12.7. The molecule has 0 fully saturated rings. The number of nitrogens with one attached hydrogen (secondary N) is 1. The van der Waals surface area contributed by atoms with Crippen LogP contribution in [0.2, 0.25) is 0 Å². The number of carbonyl (C=O) groups excluding carboxylic acids is 1. The lowest BCUT2D eigenvalue weighted by Gasteiger charge is -2.28. The van der Waals surface area contributed by atoms with Crippen molar-refractivity contribution in [3.63, 3.8) is 0 Å². The molecule has 1 N–H and O–H groups in total. The molecule has 1 amide bonds. The monoisotopic (exact) mass is 513 g/mol.